The van der Waals surface area contributed by atoms with Crippen LogP contribution in [0.5, 0.6) is 0 Å². The van der Waals surface area contributed by atoms with Crippen molar-refractivity contribution in [3.63, 3.8) is 0 Å². The van der Waals surface area contributed by atoms with Crippen molar-refractivity contribution in [2.45, 2.75) is 52.0 Å². The number of carbonyl (C=O) groups excluding carboxylic acids is 1. The first-order valence-corrected chi connectivity index (χ1v) is 9.92. The molecule has 2 N–H and O–H groups in total. The summed E-state index contributed by atoms with van der Waals surface area (Å²) in [6.45, 7) is 4.40. The molecule has 1 fully saturated rings. The first-order chi connectivity index (χ1) is 13.0. The van der Waals surface area contributed by atoms with E-state index in [0.717, 1.165) is 35.5 Å². The summed E-state index contributed by atoms with van der Waals surface area (Å²) in [5.41, 5.74) is 6.80. The molecule has 3 rings (SSSR count). The minimum absolute atomic E-state index is 0.108. The van der Waals surface area contributed by atoms with Gasteiger partial charge in [-0.1, -0.05) is 30.9 Å². The maximum Gasteiger partial charge on any atom is 0.254 e. The SMILES string of the molecule is Cc1cc(/C=N\NC(=O)CNC2CCCCC2)c(C)n1-c1ccc(Cl)cc1. The van der Waals surface area contributed by atoms with Gasteiger partial charge in [0.2, 0.25) is 0 Å². The summed E-state index contributed by atoms with van der Waals surface area (Å²) in [6.07, 6.45) is 7.83. The van der Waals surface area contributed by atoms with Crippen molar-refractivity contribution >= 4 is 23.7 Å². The van der Waals surface area contributed by atoms with Crippen molar-refractivity contribution in [1.29, 1.82) is 0 Å². The fourth-order valence-corrected chi connectivity index (χ4v) is 3.79. The second-order valence-electron chi connectivity index (χ2n) is 7.15. The standard InChI is InChI=1S/C21H27ClN4O/c1-15-12-17(16(2)26(15)20-10-8-18(22)9-11-20)13-24-25-21(27)14-23-19-6-4-3-5-7-19/h8-13,19,23H,3-7,14H2,1-2H3,(H,25,27)/b24-13-. The van der Waals surface area contributed by atoms with Gasteiger partial charge in [0.05, 0.1) is 12.8 Å². The van der Waals surface area contributed by atoms with E-state index in [2.05, 4.69) is 26.5 Å². The third-order valence-corrected chi connectivity index (χ3v) is 5.36. The Bertz CT molecular complexity index is 804. The molecule has 1 aromatic carbocycles. The van der Waals surface area contributed by atoms with Crippen LogP contribution in [-0.2, 0) is 4.79 Å². The van der Waals surface area contributed by atoms with E-state index < -0.39 is 0 Å². The van der Waals surface area contributed by atoms with Crippen LogP contribution in [0.25, 0.3) is 5.69 Å². The molecule has 0 saturated heterocycles. The summed E-state index contributed by atoms with van der Waals surface area (Å²) < 4.78 is 2.14. The number of benzene rings is 1. The summed E-state index contributed by atoms with van der Waals surface area (Å²) in [5, 5.41) is 8.16. The monoisotopic (exact) mass is 386 g/mol. The molecular weight excluding hydrogens is 360 g/mol. The fraction of sp³-hybridized carbons (Fsp3) is 0.429. The Balaban J connectivity index is 1.58. The molecule has 0 unspecified atom stereocenters. The van der Waals surface area contributed by atoms with Crippen molar-refractivity contribution in [3.8, 4) is 5.69 Å². The lowest BCUT2D eigenvalue weighted by molar-refractivity contribution is -0.120. The largest absolute Gasteiger partial charge is 0.318 e. The lowest BCUT2D eigenvalue weighted by Crippen LogP contribution is -2.38. The zero-order chi connectivity index (χ0) is 19.2. The van der Waals surface area contributed by atoms with Gasteiger partial charge in [-0.05, 0) is 57.0 Å². The predicted octanol–water partition coefficient (Wildman–Crippen LogP) is 4.12. The van der Waals surface area contributed by atoms with E-state index in [1.807, 2.05) is 38.1 Å². The van der Waals surface area contributed by atoms with Crippen LogP contribution in [0.1, 0.15) is 49.1 Å². The Hall–Kier alpha value is -2.11. The molecule has 1 aliphatic rings. The van der Waals surface area contributed by atoms with Crippen molar-refractivity contribution in [2.75, 3.05) is 6.54 Å². The van der Waals surface area contributed by atoms with Crippen molar-refractivity contribution in [1.82, 2.24) is 15.3 Å². The van der Waals surface area contributed by atoms with Crippen LogP contribution in [0.3, 0.4) is 0 Å². The van der Waals surface area contributed by atoms with Crippen LogP contribution in [0.15, 0.2) is 35.4 Å². The minimum atomic E-state index is -0.108. The molecule has 5 nitrogen and oxygen atoms in total. The molecule has 1 aromatic heterocycles. The lowest BCUT2D eigenvalue weighted by Gasteiger charge is -2.22. The van der Waals surface area contributed by atoms with Crippen LogP contribution in [0.4, 0.5) is 0 Å². The number of amides is 1. The predicted molar refractivity (Wildman–Crippen MR) is 111 cm³/mol. The summed E-state index contributed by atoms with van der Waals surface area (Å²) >= 11 is 5.98. The highest BCUT2D eigenvalue weighted by Gasteiger charge is 2.14. The Labute approximate surface area is 165 Å². The topological polar surface area (TPSA) is 58.4 Å². The van der Waals surface area contributed by atoms with E-state index in [0.29, 0.717) is 17.6 Å². The highest BCUT2D eigenvalue weighted by atomic mass is 35.5. The molecule has 1 heterocycles. The van der Waals surface area contributed by atoms with Crippen LogP contribution < -0.4 is 10.7 Å². The number of nitrogens with one attached hydrogen (secondary N) is 2. The van der Waals surface area contributed by atoms with Gasteiger partial charge in [-0.3, -0.25) is 4.79 Å². The lowest BCUT2D eigenvalue weighted by atomic mass is 9.95. The number of rotatable bonds is 6. The Morgan fingerprint density at radius 1 is 1.22 bits per heavy atom. The summed E-state index contributed by atoms with van der Waals surface area (Å²) in [6, 6.07) is 10.3. The first-order valence-electron chi connectivity index (χ1n) is 9.55. The van der Waals surface area contributed by atoms with Gasteiger partial charge in [-0.15, -0.1) is 0 Å². The van der Waals surface area contributed by atoms with Crippen LogP contribution in [-0.4, -0.2) is 29.3 Å². The number of aryl methyl sites for hydroxylation is 1. The van der Waals surface area contributed by atoms with E-state index in [9.17, 15) is 4.79 Å². The molecule has 1 amide bonds. The van der Waals surface area contributed by atoms with E-state index in [4.69, 9.17) is 11.6 Å². The van der Waals surface area contributed by atoms with Crippen molar-refractivity contribution in [2.24, 2.45) is 5.10 Å². The maximum atomic E-state index is 12.0. The molecule has 0 bridgehead atoms. The normalized spacial score (nSPS) is 15.4. The molecule has 0 atom stereocenters. The van der Waals surface area contributed by atoms with Gasteiger partial charge in [0.15, 0.2) is 0 Å². The number of carbonyl (C=O) groups is 1. The minimum Gasteiger partial charge on any atom is -0.318 e. The van der Waals surface area contributed by atoms with Crippen LogP contribution in [0, 0.1) is 13.8 Å². The molecule has 27 heavy (non-hydrogen) atoms. The van der Waals surface area contributed by atoms with Gasteiger partial charge in [0, 0.05) is 33.7 Å². The highest BCUT2D eigenvalue weighted by molar-refractivity contribution is 6.30. The van der Waals surface area contributed by atoms with E-state index in [1.54, 1.807) is 6.21 Å². The van der Waals surface area contributed by atoms with E-state index in [1.165, 1.54) is 19.3 Å². The molecule has 0 aliphatic heterocycles. The average Bonchev–Trinajstić information content (AvgIpc) is 2.95. The Morgan fingerprint density at radius 2 is 1.93 bits per heavy atom. The molecule has 2 aromatic rings. The van der Waals surface area contributed by atoms with Gasteiger partial charge in [-0.2, -0.15) is 5.10 Å². The molecular formula is C21H27ClN4O. The van der Waals surface area contributed by atoms with Gasteiger partial charge in [0.25, 0.3) is 5.91 Å². The molecule has 6 heteroatoms. The Morgan fingerprint density at radius 3 is 2.63 bits per heavy atom. The number of aromatic nitrogens is 1. The van der Waals surface area contributed by atoms with Crippen LogP contribution in [0.2, 0.25) is 5.02 Å². The highest BCUT2D eigenvalue weighted by Crippen LogP contribution is 2.21. The fourth-order valence-electron chi connectivity index (χ4n) is 3.66. The quantitative estimate of drug-likeness (QED) is 0.579. The van der Waals surface area contributed by atoms with Crippen molar-refractivity contribution < 1.29 is 4.79 Å². The van der Waals surface area contributed by atoms with Gasteiger partial charge in [-0.25, -0.2) is 5.43 Å². The smallest absolute Gasteiger partial charge is 0.254 e. The molecule has 1 aliphatic carbocycles. The zero-order valence-corrected chi connectivity index (χ0v) is 16.7. The average molecular weight is 387 g/mol. The van der Waals surface area contributed by atoms with E-state index in [-0.39, 0.29) is 5.91 Å². The second-order valence-corrected chi connectivity index (χ2v) is 7.58. The molecule has 0 radical (unpaired) electrons. The summed E-state index contributed by atoms with van der Waals surface area (Å²) in [7, 11) is 0. The Kier molecular flexibility index (Phi) is 6.69. The number of halogens is 1. The van der Waals surface area contributed by atoms with Gasteiger partial charge in [0.1, 0.15) is 0 Å². The molecule has 144 valence electrons. The number of hydrazone groups is 1. The maximum absolute atomic E-state index is 12.0. The van der Waals surface area contributed by atoms with E-state index >= 15 is 0 Å². The van der Waals surface area contributed by atoms with Crippen molar-refractivity contribution in [3.05, 3.63) is 52.3 Å². The second kappa shape index (κ2) is 9.20. The summed E-state index contributed by atoms with van der Waals surface area (Å²) in [4.78, 5) is 12.0. The third-order valence-electron chi connectivity index (χ3n) is 5.10. The molecule has 1 saturated carbocycles. The summed E-state index contributed by atoms with van der Waals surface area (Å²) in [5.74, 6) is -0.108. The first kappa shape index (κ1) is 19.6. The number of nitrogens with zero attached hydrogens (tertiary/aromatic N) is 2. The zero-order valence-electron chi connectivity index (χ0n) is 16.0. The van der Waals surface area contributed by atoms with Gasteiger partial charge < -0.3 is 9.88 Å². The third kappa shape index (κ3) is 5.21. The number of hydrogen-bond acceptors (Lipinski definition) is 3. The van der Waals surface area contributed by atoms with Crippen LogP contribution >= 0.6 is 11.6 Å². The molecule has 0 spiro atoms. The van der Waals surface area contributed by atoms with Gasteiger partial charge >= 0.3 is 0 Å². The number of hydrogen-bond donors (Lipinski definition) is 2.